The Morgan fingerprint density at radius 3 is 2.73 bits per heavy atom. The number of amides is 1. The molecule has 1 heterocycles. The molecule has 0 atom stereocenters. The highest BCUT2D eigenvalue weighted by Crippen LogP contribution is 2.36. The second-order valence-electron chi connectivity index (χ2n) is 7.89. The van der Waals surface area contributed by atoms with Gasteiger partial charge in [-0.25, -0.2) is 0 Å². The first-order valence-electron chi connectivity index (χ1n) is 11.7. The first kappa shape index (κ1) is 27.6. The first-order chi connectivity index (χ1) is 17.9. The number of methoxy groups -OCH3 is 1. The molecule has 1 amide bonds. The molecule has 0 bridgehead atoms. The highest BCUT2D eigenvalue weighted by molar-refractivity contribution is 9.10. The number of carbonyl (C=O) groups excluding carboxylic acids is 2. The summed E-state index contributed by atoms with van der Waals surface area (Å²) in [4.78, 5) is 30.7. The van der Waals surface area contributed by atoms with Gasteiger partial charge in [0.25, 0.3) is 0 Å². The van der Waals surface area contributed by atoms with E-state index < -0.39 is 0 Å². The molecule has 9 nitrogen and oxygen atoms in total. The molecule has 0 saturated carbocycles. The summed E-state index contributed by atoms with van der Waals surface area (Å²) in [5.74, 6) is -0.242. The molecule has 1 aromatic heterocycles. The van der Waals surface area contributed by atoms with Gasteiger partial charge in [-0.05, 0) is 37.7 Å². The summed E-state index contributed by atoms with van der Waals surface area (Å²) in [6.45, 7) is 5.20. The molecule has 3 aromatic rings. The zero-order valence-corrected chi connectivity index (χ0v) is 22.5. The van der Waals surface area contributed by atoms with Crippen LogP contribution in [0.15, 0.2) is 59.2 Å². The van der Waals surface area contributed by atoms with Gasteiger partial charge < -0.3 is 20.1 Å². The molecule has 0 spiro atoms. The van der Waals surface area contributed by atoms with Crippen LogP contribution in [0.4, 0.5) is 17.1 Å². The Kier molecular flexibility index (Phi) is 10.0. The highest BCUT2D eigenvalue weighted by Gasteiger charge is 2.15. The average Bonchev–Trinajstić information content (AvgIpc) is 2.88. The average molecular weight is 566 g/mol. The number of pyridine rings is 1. The number of esters is 1. The van der Waals surface area contributed by atoms with Crippen molar-refractivity contribution in [3.63, 3.8) is 0 Å². The predicted octanol–water partition coefficient (Wildman–Crippen LogP) is 5.00. The first-order valence-corrected chi connectivity index (χ1v) is 12.5. The number of hydrogen-bond donors (Lipinski definition) is 2. The standard InChI is InChI=1S/C27H28BrN5O4/c1-4-33(17-26(35)37-5-2)11-7-10-25(34)32-23-13-21-22(14-24(23)36-3)30-16-18(15-29)27(21)31-20-9-6-8-19(28)12-20/h6-10,12-14,16H,4-5,11,17H2,1-3H3,(H,30,31)(H,32,34)/b10-7+. The molecule has 192 valence electrons. The number of halogens is 1. The van der Waals surface area contributed by atoms with E-state index in [0.29, 0.717) is 53.3 Å². The Hall–Kier alpha value is -3.94. The van der Waals surface area contributed by atoms with E-state index in [2.05, 4.69) is 37.6 Å². The summed E-state index contributed by atoms with van der Waals surface area (Å²) < 4.78 is 11.4. The maximum absolute atomic E-state index is 12.7. The zero-order chi connectivity index (χ0) is 26.8. The van der Waals surface area contributed by atoms with Crippen molar-refractivity contribution < 1.29 is 19.1 Å². The smallest absolute Gasteiger partial charge is 0.320 e. The minimum atomic E-state index is -0.365. The highest BCUT2D eigenvalue weighted by atomic mass is 79.9. The number of hydrogen-bond acceptors (Lipinski definition) is 8. The number of fused-ring (bicyclic) bond motifs is 1. The third-order valence-corrected chi connectivity index (χ3v) is 5.89. The number of carbonyl (C=O) groups is 2. The fraction of sp³-hybridized carbons (Fsp3) is 0.259. The number of nitrogens with zero attached hydrogens (tertiary/aromatic N) is 3. The summed E-state index contributed by atoms with van der Waals surface area (Å²) in [5, 5.41) is 16.5. The molecular weight excluding hydrogens is 538 g/mol. The van der Waals surface area contributed by atoms with Gasteiger partial charge in [-0.2, -0.15) is 5.26 Å². The summed E-state index contributed by atoms with van der Waals surface area (Å²) >= 11 is 3.46. The molecule has 0 unspecified atom stereocenters. The number of rotatable bonds is 11. The SMILES string of the molecule is CCOC(=O)CN(CC)C/C=C/C(=O)Nc1cc2c(Nc3cccc(Br)c3)c(C#N)cnc2cc1OC. The van der Waals surface area contributed by atoms with Crippen molar-refractivity contribution in [2.75, 3.05) is 44.0 Å². The van der Waals surface area contributed by atoms with Crippen LogP contribution in [0.2, 0.25) is 0 Å². The summed E-state index contributed by atoms with van der Waals surface area (Å²) in [5.41, 5.74) is 2.73. The van der Waals surface area contributed by atoms with Crippen molar-refractivity contribution in [3.05, 3.63) is 64.8 Å². The second kappa shape index (κ2) is 13.4. The van der Waals surface area contributed by atoms with Crippen LogP contribution in [0.25, 0.3) is 10.9 Å². The van der Waals surface area contributed by atoms with Gasteiger partial charge in [-0.1, -0.05) is 35.0 Å². The lowest BCUT2D eigenvalue weighted by molar-refractivity contribution is -0.144. The lowest BCUT2D eigenvalue weighted by Crippen LogP contribution is -2.31. The number of nitrogens with one attached hydrogen (secondary N) is 2. The van der Waals surface area contributed by atoms with Crippen molar-refractivity contribution in [1.82, 2.24) is 9.88 Å². The van der Waals surface area contributed by atoms with E-state index in [1.807, 2.05) is 36.1 Å². The second-order valence-corrected chi connectivity index (χ2v) is 8.80. The van der Waals surface area contributed by atoms with E-state index in [1.165, 1.54) is 19.4 Å². The molecule has 2 N–H and O–H groups in total. The van der Waals surface area contributed by atoms with Crippen LogP contribution in [-0.4, -0.2) is 55.1 Å². The van der Waals surface area contributed by atoms with Gasteiger partial charge in [0, 0.05) is 40.4 Å². The molecule has 0 aliphatic rings. The van der Waals surface area contributed by atoms with Gasteiger partial charge in [0.15, 0.2) is 0 Å². The van der Waals surface area contributed by atoms with Crippen LogP contribution in [-0.2, 0) is 14.3 Å². The summed E-state index contributed by atoms with van der Waals surface area (Å²) in [6.07, 6.45) is 4.59. The fourth-order valence-electron chi connectivity index (χ4n) is 3.59. The minimum absolute atomic E-state index is 0.150. The maximum atomic E-state index is 12.7. The maximum Gasteiger partial charge on any atom is 0.320 e. The van der Waals surface area contributed by atoms with Crippen molar-refractivity contribution in [3.8, 4) is 11.8 Å². The molecule has 10 heteroatoms. The number of aromatic nitrogens is 1. The molecule has 0 saturated heterocycles. The molecule has 2 aromatic carbocycles. The Morgan fingerprint density at radius 1 is 1.24 bits per heavy atom. The van der Waals surface area contributed by atoms with Crippen LogP contribution in [0.1, 0.15) is 19.4 Å². The minimum Gasteiger partial charge on any atom is -0.494 e. The van der Waals surface area contributed by atoms with Crippen LogP contribution in [0.3, 0.4) is 0 Å². The number of anilines is 3. The van der Waals surface area contributed by atoms with E-state index in [0.717, 1.165) is 10.2 Å². The number of ether oxygens (including phenoxy) is 2. The predicted molar refractivity (Wildman–Crippen MR) is 147 cm³/mol. The Morgan fingerprint density at radius 2 is 2.05 bits per heavy atom. The quantitative estimate of drug-likeness (QED) is 0.246. The number of likely N-dealkylation sites (N-methyl/N-ethyl adjacent to an activating group) is 1. The normalized spacial score (nSPS) is 10.9. The lowest BCUT2D eigenvalue weighted by atomic mass is 10.1. The van der Waals surface area contributed by atoms with E-state index >= 15 is 0 Å². The monoisotopic (exact) mass is 565 g/mol. The lowest BCUT2D eigenvalue weighted by Gasteiger charge is -2.17. The van der Waals surface area contributed by atoms with Crippen molar-refractivity contribution in [1.29, 1.82) is 5.26 Å². The zero-order valence-electron chi connectivity index (χ0n) is 20.9. The van der Waals surface area contributed by atoms with Crippen LogP contribution in [0, 0.1) is 11.3 Å². The molecule has 0 radical (unpaired) electrons. The number of benzene rings is 2. The Bertz CT molecular complexity index is 1350. The van der Waals surface area contributed by atoms with E-state index in [4.69, 9.17) is 9.47 Å². The molecule has 0 aliphatic heterocycles. The van der Waals surface area contributed by atoms with Crippen molar-refractivity contribution in [2.45, 2.75) is 13.8 Å². The largest absolute Gasteiger partial charge is 0.494 e. The molecular formula is C27H28BrN5O4. The van der Waals surface area contributed by atoms with Gasteiger partial charge in [0.1, 0.15) is 11.8 Å². The Labute approximate surface area is 224 Å². The topological polar surface area (TPSA) is 117 Å². The third-order valence-electron chi connectivity index (χ3n) is 5.40. The number of nitriles is 1. The van der Waals surface area contributed by atoms with Crippen LogP contribution in [0.5, 0.6) is 5.75 Å². The van der Waals surface area contributed by atoms with Crippen molar-refractivity contribution >= 4 is 55.8 Å². The fourth-order valence-corrected chi connectivity index (χ4v) is 3.99. The third kappa shape index (κ3) is 7.52. The Balaban J connectivity index is 1.86. The summed E-state index contributed by atoms with van der Waals surface area (Å²) in [7, 11) is 1.51. The van der Waals surface area contributed by atoms with Gasteiger partial charge in [0.2, 0.25) is 5.91 Å². The van der Waals surface area contributed by atoms with Crippen LogP contribution < -0.4 is 15.4 Å². The molecule has 0 fully saturated rings. The molecule has 0 aliphatic carbocycles. The van der Waals surface area contributed by atoms with E-state index in [-0.39, 0.29) is 18.4 Å². The van der Waals surface area contributed by atoms with Crippen LogP contribution >= 0.6 is 15.9 Å². The van der Waals surface area contributed by atoms with Crippen molar-refractivity contribution in [2.24, 2.45) is 0 Å². The van der Waals surface area contributed by atoms with Gasteiger partial charge in [0.05, 0.1) is 42.7 Å². The molecule has 3 rings (SSSR count). The van der Waals surface area contributed by atoms with E-state index in [1.54, 1.807) is 25.1 Å². The van der Waals surface area contributed by atoms with E-state index in [9.17, 15) is 14.9 Å². The molecule has 37 heavy (non-hydrogen) atoms. The van der Waals surface area contributed by atoms with Gasteiger partial charge >= 0.3 is 5.97 Å². The van der Waals surface area contributed by atoms with Gasteiger partial charge in [-0.3, -0.25) is 19.5 Å². The summed E-state index contributed by atoms with van der Waals surface area (Å²) in [6, 6.07) is 13.2. The van der Waals surface area contributed by atoms with Gasteiger partial charge in [-0.15, -0.1) is 0 Å².